The van der Waals surface area contributed by atoms with Gasteiger partial charge in [-0.1, -0.05) is 6.07 Å². The number of nitrogens with two attached hydrogens (primary N) is 1. The Kier molecular flexibility index (Phi) is 5.45. The molecule has 1 saturated heterocycles. The molecule has 0 spiro atoms. The van der Waals surface area contributed by atoms with Crippen molar-refractivity contribution in [2.45, 2.75) is 39.3 Å². The molecule has 7 heteroatoms. The molecule has 1 atom stereocenters. The van der Waals surface area contributed by atoms with Crippen LogP contribution in [-0.2, 0) is 4.74 Å². The standard InChI is InChI=1S/C18H27N3O4/c1-12-11-20(9-10-21(12)17(23)25-18(2,3)4)16(22)13-7-6-8-14(24-5)15(13)19/h6-8,12H,9-11,19H2,1-5H3. The summed E-state index contributed by atoms with van der Waals surface area (Å²) in [4.78, 5) is 28.4. The SMILES string of the molecule is COc1cccc(C(=O)N2CCN(C(=O)OC(C)(C)C)C(C)C2)c1N. The largest absolute Gasteiger partial charge is 0.495 e. The molecule has 1 aromatic rings. The zero-order valence-corrected chi connectivity index (χ0v) is 15.5. The Morgan fingerprint density at radius 3 is 2.48 bits per heavy atom. The molecule has 0 radical (unpaired) electrons. The highest BCUT2D eigenvalue weighted by atomic mass is 16.6. The Balaban J connectivity index is 2.08. The van der Waals surface area contributed by atoms with Gasteiger partial charge in [0.25, 0.3) is 5.91 Å². The van der Waals surface area contributed by atoms with Gasteiger partial charge in [-0.3, -0.25) is 4.79 Å². The van der Waals surface area contributed by atoms with Crippen molar-refractivity contribution in [1.82, 2.24) is 9.80 Å². The molecule has 0 aliphatic carbocycles. The number of amides is 2. The first-order valence-electron chi connectivity index (χ1n) is 8.35. The molecule has 1 aliphatic heterocycles. The lowest BCUT2D eigenvalue weighted by Gasteiger charge is -2.40. The van der Waals surface area contributed by atoms with Crippen molar-refractivity contribution in [2.75, 3.05) is 32.5 Å². The van der Waals surface area contributed by atoms with E-state index in [0.717, 1.165) is 0 Å². The normalized spacial score (nSPS) is 18.0. The van der Waals surface area contributed by atoms with Gasteiger partial charge in [0, 0.05) is 25.7 Å². The summed E-state index contributed by atoms with van der Waals surface area (Å²) < 4.78 is 10.6. The molecular weight excluding hydrogens is 322 g/mol. The lowest BCUT2D eigenvalue weighted by atomic mass is 10.1. The van der Waals surface area contributed by atoms with E-state index in [-0.39, 0.29) is 18.0 Å². The molecule has 138 valence electrons. The van der Waals surface area contributed by atoms with Gasteiger partial charge in [0.2, 0.25) is 0 Å². The molecule has 25 heavy (non-hydrogen) atoms. The zero-order valence-electron chi connectivity index (χ0n) is 15.5. The number of rotatable bonds is 2. The van der Waals surface area contributed by atoms with E-state index in [2.05, 4.69) is 0 Å². The molecule has 1 aromatic carbocycles. The number of benzene rings is 1. The minimum Gasteiger partial charge on any atom is -0.495 e. The maximum Gasteiger partial charge on any atom is 0.410 e. The molecule has 2 N–H and O–H groups in total. The van der Waals surface area contributed by atoms with Gasteiger partial charge in [-0.05, 0) is 39.8 Å². The predicted molar refractivity (Wildman–Crippen MR) is 95.7 cm³/mol. The van der Waals surface area contributed by atoms with E-state index in [1.54, 1.807) is 28.0 Å². The van der Waals surface area contributed by atoms with Crippen molar-refractivity contribution in [3.05, 3.63) is 23.8 Å². The average molecular weight is 349 g/mol. The second-order valence-electron chi connectivity index (χ2n) is 7.20. The number of hydrogen-bond acceptors (Lipinski definition) is 5. The van der Waals surface area contributed by atoms with Crippen LogP contribution in [0.3, 0.4) is 0 Å². The summed E-state index contributed by atoms with van der Waals surface area (Å²) in [5.41, 5.74) is 6.23. The van der Waals surface area contributed by atoms with Crippen LogP contribution in [0.5, 0.6) is 5.75 Å². The minimum atomic E-state index is -0.543. The minimum absolute atomic E-state index is 0.139. The van der Waals surface area contributed by atoms with E-state index in [1.807, 2.05) is 27.7 Å². The number of para-hydroxylation sites is 1. The van der Waals surface area contributed by atoms with Crippen LogP contribution in [0.2, 0.25) is 0 Å². The van der Waals surface area contributed by atoms with Crippen molar-refractivity contribution < 1.29 is 19.1 Å². The van der Waals surface area contributed by atoms with Gasteiger partial charge in [0.15, 0.2) is 0 Å². The molecule has 1 heterocycles. The number of nitrogen functional groups attached to an aromatic ring is 1. The van der Waals surface area contributed by atoms with Crippen molar-refractivity contribution in [2.24, 2.45) is 0 Å². The van der Waals surface area contributed by atoms with Crippen LogP contribution in [0.4, 0.5) is 10.5 Å². The molecule has 0 aromatic heterocycles. The number of hydrogen-bond donors (Lipinski definition) is 1. The Morgan fingerprint density at radius 1 is 1.24 bits per heavy atom. The van der Waals surface area contributed by atoms with Crippen LogP contribution in [0.1, 0.15) is 38.1 Å². The predicted octanol–water partition coefficient (Wildman–Crippen LogP) is 2.36. The Labute approximate surface area is 148 Å². The molecule has 2 rings (SSSR count). The monoisotopic (exact) mass is 349 g/mol. The number of ether oxygens (including phenoxy) is 2. The number of anilines is 1. The summed E-state index contributed by atoms with van der Waals surface area (Å²) in [5.74, 6) is 0.318. The third-order valence-electron chi connectivity index (χ3n) is 4.06. The molecule has 1 aliphatic rings. The molecule has 1 unspecified atom stereocenters. The summed E-state index contributed by atoms with van der Waals surface area (Å²) in [6.07, 6.45) is -0.354. The molecule has 2 amide bonds. The zero-order chi connectivity index (χ0) is 18.8. The van der Waals surface area contributed by atoms with Gasteiger partial charge >= 0.3 is 6.09 Å². The van der Waals surface area contributed by atoms with E-state index in [1.165, 1.54) is 7.11 Å². The van der Waals surface area contributed by atoms with Crippen LogP contribution >= 0.6 is 0 Å². The van der Waals surface area contributed by atoms with Crippen LogP contribution < -0.4 is 10.5 Å². The summed E-state index contributed by atoms with van der Waals surface area (Å²) in [7, 11) is 1.52. The van der Waals surface area contributed by atoms with Gasteiger partial charge in [0.05, 0.1) is 18.4 Å². The third kappa shape index (κ3) is 4.35. The molecule has 7 nitrogen and oxygen atoms in total. The fourth-order valence-corrected chi connectivity index (χ4v) is 2.81. The van der Waals surface area contributed by atoms with E-state index >= 15 is 0 Å². The highest BCUT2D eigenvalue weighted by Crippen LogP contribution is 2.26. The van der Waals surface area contributed by atoms with Gasteiger partial charge in [-0.15, -0.1) is 0 Å². The highest BCUT2D eigenvalue weighted by molar-refractivity contribution is 6.00. The van der Waals surface area contributed by atoms with Crippen LogP contribution in [-0.4, -0.2) is 60.2 Å². The van der Waals surface area contributed by atoms with Gasteiger partial charge in [0.1, 0.15) is 11.4 Å². The van der Waals surface area contributed by atoms with Crippen molar-refractivity contribution in [3.8, 4) is 5.75 Å². The molecule has 0 bridgehead atoms. The second kappa shape index (κ2) is 7.21. The van der Waals surface area contributed by atoms with E-state index < -0.39 is 5.60 Å². The molecule has 0 saturated carbocycles. The number of carbonyl (C=O) groups excluding carboxylic acids is 2. The number of piperazine rings is 1. The van der Waals surface area contributed by atoms with Crippen LogP contribution in [0.15, 0.2) is 18.2 Å². The smallest absolute Gasteiger partial charge is 0.410 e. The van der Waals surface area contributed by atoms with E-state index in [0.29, 0.717) is 36.6 Å². The summed E-state index contributed by atoms with van der Waals surface area (Å²) in [6.45, 7) is 8.68. The Morgan fingerprint density at radius 2 is 1.92 bits per heavy atom. The van der Waals surface area contributed by atoms with Crippen LogP contribution in [0.25, 0.3) is 0 Å². The summed E-state index contributed by atoms with van der Waals surface area (Å²) in [6, 6.07) is 5.00. The quantitative estimate of drug-likeness (QED) is 0.829. The maximum atomic E-state index is 12.8. The molecule has 1 fully saturated rings. The second-order valence-corrected chi connectivity index (χ2v) is 7.20. The van der Waals surface area contributed by atoms with Gasteiger partial charge in [-0.25, -0.2) is 4.79 Å². The van der Waals surface area contributed by atoms with Crippen molar-refractivity contribution in [3.63, 3.8) is 0 Å². The topological polar surface area (TPSA) is 85.1 Å². The first-order chi connectivity index (χ1) is 11.6. The fourth-order valence-electron chi connectivity index (χ4n) is 2.81. The Bertz CT molecular complexity index is 654. The average Bonchev–Trinajstić information content (AvgIpc) is 2.52. The third-order valence-corrected chi connectivity index (χ3v) is 4.06. The molecular formula is C18H27N3O4. The number of nitrogens with zero attached hydrogens (tertiary/aromatic N) is 2. The van der Waals surface area contributed by atoms with Crippen LogP contribution in [0, 0.1) is 0 Å². The number of methoxy groups -OCH3 is 1. The first-order valence-corrected chi connectivity index (χ1v) is 8.35. The maximum absolute atomic E-state index is 12.8. The lowest BCUT2D eigenvalue weighted by molar-refractivity contribution is 0.00199. The van der Waals surface area contributed by atoms with E-state index in [4.69, 9.17) is 15.2 Å². The van der Waals surface area contributed by atoms with Crippen molar-refractivity contribution >= 4 is 17.7 Å². The number of carbonyl (C=O) groups is 2. The highest BCUT2D eigenvalue weighted by Gasteiger charge is 2.33. The lowest BCUT2D eigenvalue weighted by Crippen LogP contribution is -2.56. The van der Waals surface area contributed by atoms with Gasteiger partial charge in [-0.2, -0.15) is 0 Å². The van der Waals surface area contributed by atoms with E-state index in [9.17, 15) is 9.59 Å². The van der Waals surface area contributed by atoms with Crippen molar-refractivity contribution in [1.29, 1.82) is 0 Å². The summed E-state index contributed by atoms with van der Waals surface area (Å²) >= 11 is 0. The summed E-state index contributed by atoms with van der Waals surface area (Å²) in [5, 5.41) is 0. The van der Waals surface area contributed by atoms with Gasteiger partial charge < -0.3 is 25.0 Å². The Hall–Kier alpha value is -2.44. The fraction of sp³-hybridized carbons (Fsp3) is 0.556. The first kappa shape index (κ1) is 18.9.